The molecule has 0 unspecified atom stereocenters. The van der Waals surface area contributed by atoms with Crippen LogP contribution in [0.3, 0.4) is 0 Å². The molecule has 0 saturated carbocycles. The van der Waals surface area contributed by atoms with Gasteiger partial charge < -0.3 is 14.8 Å². The Morgan fingerprint density at radius 2 is 2.07 bits per heavy atom. The number of rotatable bonds is 10. The van der Waals surface area contributed by atoms with E-state index in [0.717, 1.165) is 31.2 Å². The lowest BCUT2D eigenvalue weighted by Crippen LogP contribution is -2.24. The molecular formula is C20H25N5O3S. The number of nitrogens with zero attached hydrogens (tertiary/aromatic N) is 3. The molecule has 0 aliphatic heterocycles. The quantitative estimate of drug-likeness (QED) is 0.389. The van der Waals surface area contributed by atoms with Crippen molar-refractivity contribution < 1.29 is 9.32 Å². The number of carbonyl (C=O) groups excluding carboxylic acids is 1. The van der Waals surface area contributed by atoms with Gasteiger partial charge >= 0.3 is 0 Å². The highest BCUT2D eigenvalue weighted by atomic mass is 32.1. The number of para-hydroxylation sites is 1. The van der Waals surface area contributed by atoms with E-state index < -0.39 is 0 Å². The van der Waals surface area contributed by atoms with Crippen molar-refractivity contribution >= 4 is 29.0 Å². The Bertz CT molecular complexity index is 1090. The number of amides is 1. The standard InChI is InChI=1S/C20H25N5O3S/c1-14-22-18(28-24-14)11-7-12-21-17(26)10-3-2-6-13-25-19(27)15-8-4-5-9-16(15)23-20(25)29/h4-5,8-9H,2-3,6-7,10-13H2,1H3,(H,21,26)(H,23,29). The SMILES string of the molecule is Cc1noc(CCCNC(=O)CCCCCn2c(=S)[nH]c3ccccc3c2=O)n1. The number of nitrogens with one attached hydrogen (secondary N) is 2. The van der Waals surface area contributed by atoms with E-state index >= 15 is 0 Å². The van der Waals surface area contributed by atoms with E-state index in [2.05, 4.69) is 20.4 Å². The average molecular weight is 416 g/mol. The van der Waals surface area contributed by atoms with Crippen LogP contribution >= 0.6 is 12.2 Å². The molecule has 0 aliphatic rings. The largest absolute Gasteiger partial charge is 0.356 e. The molecule has 0 saturated heterocycles. The molecule has 1 amide bonds. The maximum absolute atomic E-state index is 12.6. The van der Waals surface area contributed by atoms with Gasteiger partial charge in [0.25, 0.3) is 5.56 Å². The first-order valence-corrected chi connectivity index (χ1v) is 10.2. The van der Waals surface area contributed by atoms with Crippen LogP contribution in [-0.2, 0) is 17.8 Å². The smallest absolute Gasteiger partial charge is 0.262 e. The second-order valence-electron chi connectivity index (χ2n) is 6.93. The number of aryl methyl sites for hydroxylation is 2. The molecule has 3 aromatic rings. The van der Waals surface area contributed by atoms with Crippen molar-refractivity contribution in [1.82, 2.24) is 25.0 Å². The molecule has 0 bridgehead atoms. The molecule has 0 atom stereocenters. The molecule has 2 heterocycles. The summed E-state index contributed by atoms with van der Waals surface area (Å²) < 4.78 is 7.06. The maximum Gasteiger partial charge on any atom is 0.262 e. The Morgan fingerprint density at radius 1 is 1.24 bits per heavy atom. The molecule has 8 nitrogen and oxygen atoms in total. The lowest BCUT2D eigenvalue weighted by atomic mass is 10.2. The lowest BCUT2D eigenvalue weighted by Gasteiger charge is -2.08. The van der Waals surface area contributed by atoms with Crippen molar-refractivity contribution in [3.05, 3.63) is 51.1 Å². The van der Waals surface area contributed by atoms with E-state index in [1.807, 2.05) is 18.2 Å². The third kappa shape index (κ3) is 5.83. The van der Waals surface area contributed by atoms with Gasteiger partial charge in [0.2, 0.25) is 11.8 Å². The lowest BCUT2D eigenvalue weighted by molar-refractivity contribution is -0.121. The molecule has 154 valence electrons. The summed E-state index contributed by atoms with van der Waals surface area (Å²) in [6.45, 7) is 2.91. The van der Waals surface area contributed by atoms with Gasteiger partial charge in [-0.3, -0.25) is 14.2 Å². The summed E-state index contributed by atoms with van der Waals surface area (Å²) in [5, 5.41) is 7.27. The number of hydrogen-bond donors (Lipinski definition) is 2. The molecule has 2 N–H and O–H groups in total. The fourth-order valence-electron chi connectivity index (χ4n) is 3.13. The van der Waals surface area contributed by atoms with Gasteiger partial charge in [-0.1, -0.05) is 23.7 Å². The van der Waals surface area contributed by atoms with Crippen LogP contribution in [-0.4, -0.2) is 32.1 Å². The Kier molecular flexibility index (Phi) is 7.29. The van der Waals surface area contributed by atoms with Crippen LogP contribution in [0.1, 0.15) is 43.8 Å². The molecule has 0 fully saturated rings. The average Bonchev–Trinajstić information content (AvgIpc) is 3.12. The van der Waals surface area contributed by atoms with Gasteiger partial charge in [0.05, 0.1) is 10.9 Å². The third-order valence-electron chi connectivity index (χ3n) is 4.63. The van der Waals surface area contributed by atoms with Gasteiger partial charge in [-0.05, 0) is 50.5 Å². The van der Waals surface area contributed by atoms with Gasteiger partial charge in [0.1, 0.15) is 0 Å². The number of H-pyrrole nitrogens is 1. The molecular weight excluding hydrogens is 390 g/mol. The summed E-state index contributed by atoms with van der Waals surface area (Å²) in [6, 6.07) is 7.35. The zero-order valence-corrected chi connectivity index (χ0v) is 17.3. The van der Waals surface area contributed by atoms with Crippen molar-refractivity contribution in [2.24, 2.45) is 0 Å². The number of aromatic nitrogens is 4. The molecule has 0 spiro atoms. The second kappa shape index (κ2) is 10.1. The summed E-state index contributed by atoms with van der Waals surface area (Å²) in [6.07, 6.45) is 4.30. The van der Waals surface area contributed by atoms with Crippen molar-refractivity contribution in [2.75, 3.05) is 6.54 Å². The third-order valence-corrected chi connectivity index (χ3v) is 4.96. The molecule has 0 aliphatic carbocycles. The van der Waals surface area contributed by atoms with Crippen LogP contribution in [0.4, 0.5) is 0 Å². The van der Waals surface area contributed by atoms with Crippen molar-refractivity contribution in [3.8, 4) is 0 Å². The van der Waals surface area contributed by atoms with Crippen LogP contribution in [0.5, 0.6) is 0 Å². The number of unbranched alkanes of at least 4 members (excludes halogenated alkanes) is 2. The number of carbonyl (C=O) groups is 1. The zero-order valence-electron chi connectivity index (χ0n) is 16.4. The van der Waals surface area contributed by atoms with Crippen LogP contribution < -0.4 is 10.9 Å². The van der Waals surface area contributed by atoms with E-state index in [0.29, 0.717) is 47.8 Å². The van der Waals surface area contributed by atoms with Crippen LogP contribution in [0.15, 0.2) is 33.6 Å². The minimum Gasteiger partial charge on any atom is -0.356 e. The van der Waals surface area contributed by atoms with Crippen molar-refractivity contribution in [3.63, 3.8) is 0 Å². The first-order chi connectivity index (χ1) is 14.0. The summed E-state index contributed by atoms with van der Waals surface area (Å²) in [5.41, 5.74) is 0.684. The van der Waals surface area contributed by atoms with Gasteiger partial charge in [-0.2, -0.15) is 4.98 Å². The van der Waals surface area contributed by atoms with Gasteiger partial charge in [0, 0.05) is 25.9 Å². The van der Waals surface area contributed by atoms with Gasteiger partial charge in [0.15, 0.2) is 10.6 Å². The van der Waals surface area contributed by atoms with Crippen molar-refractivity contribution in [2.45, 2.75) is 52.0 Å². The molecule has 2 aromatic heterocycles. The minimum atomic E-state index is -0.0708. The Hall–Kier alpha value is -2.81. The number of aromatic amines is 1. The first-order valence-electron chi connectivity index (χ1n) is 9.82. The molecule has 9 heteroatoms. The maximum atomic E-state index is 12.6. The van der Waals surface area contributed by atoms with Gasteiger partial charge in [-0.15, -0.1) is 0 Å². The van der Waals surface area contributed by atoms with Crippen LogP contribution in [0.25, 0.3) is 10.9 Å². The Morgan fingerprint density at radius 3 is 2.86 bits per heavy atom. The topological polar surface area (TPSA) is 106 Å². The minimum absolute atomic E-state index is 0.0341. The van der Waals surface area contributed by atoms with E-state index in [1.54, 1.807) is 17.6 Å². The normalized spacial score (nSPS) is 11.1. The zero-order chi connectivity index (χ0) is 20.6. The fraction of sp³-hybridized carbons (Fsp3) is 0.450. The van der Waals surface area contributed by atoms with E-state index in [4.69, 9.17) is 16.7 Å². The predicted octanol–water partition coefficient (Wildman–Crippen LogP) is 3.06. The molecule has 29 heavy (non-hydrogen) atoms. The van der Waals surface area contributed by atoms with Crippen molar-refractivity contribution in [1.29, 1.82) is 0 Å². The van der Waals surface area contributed by atoms with Crippen LogP contribution in [0.2, 0.25) is 0 Å². The second-order valence-corrected chi connectivity index (χ2v) is 7.32. The summed E-state index contributed by atoms with van der Waals surface area (Å²) in [7, 11) is 0. The number of benzene rings is 1. The number of fused-ring (bicyclic) bond motifs is 1. The molecule has 3 rings (SSSR count). The van der Waals surface area contributed by atoms with Crippen LogP contribution in [0, 0.1) is 11.7 Å². The van der Waals surface area contributed by atoms with E-state index in [9.17, 15) is 9.59 Å². The van der Waals surface area contributed by atoms with Gasteiger partial charge in [-0.25, -0.2) is 0 Å². The van der Waals surface area contributed by atoms with E-state index in [1.165, 1.54) is 0 Å². The molecule has 1 aromatic carbocycles. The Balaban J connectivity index is 1.34. The monoisotopic (exact) mass is 415 g/mol. The fourth-order valence-corrected chi connectivity index (χ4v) is 3.42. The number of hydrogen-bond acceptors (Lipinski definition) is 6. The Labute approximate surface area is 173 Å². The molecule has 0 radical (unpaired) electrons. The summed E-state index contributed by atoms with van der Waals surface area (Å²) in [4.78, 5) is 31.7. The summed E-state index contributed by atoms with van der Waals surface area (Å²) >= 11 is 5.31. The predicted molar refractivity (Wildman–Crippen MR) is 112 cm³/mol. The highest BCUT2D eigenvalue weighted by Gasteiger charge is 2.06. The highest BCUT2D eigenvalue weighted by molar-refractivity contribution is 7.71. The highest BCUT2D eigenvalue weighted by Crippen LogP contribution is 2.08. The first kappa shape index (κ1) is 20.9. The van der Waals surface area contributed by atoms with E-state index in [-0.39, 0.29) is 11.5 Å². The summed E-state index contributed by atoms with van der Waals surface area (Å²) in [5.74, 6) is 1.25.